The fourth-order valence-corrected chi connectivity index (χ4v) is 3.97. The Balaban J connectivity index is 2.55. The molecule has 1 aromatic rings. The number of Topliss-reactive ketones (excluding diaryl/α,β-unsaturated/α-hetero) is 4. The monoisotopic (exact) mass is 370 g/mol. The summed E-state index contributed by atoms with van der Waals surface area (Å²) in [5.41, 5.74) is -0.211. The summed E-state index contributed by atoms with van der Waals surface area (Å²) in [6.07, 6.45) is 0.511. The van der Waals surface area contributed by atoms with Gasteiger partial charge in [0, 0.05) is 36.1 Å². The standard InChI is InChI=1S/C21H22O6/c1-9-4-12(22)17(13(23)5-9)19-16(26)8-11(3)21(27)20(19)18-14(24)6-10(2)7-15(18)25/h8-10,26-27H,4-7H2,1-3H3. The summed E-state index contributed by atoms with van der Waals surface area (Å²) < 4.78 is 0. The molecule has 2 aliphatic rings. The minimum absolute atomic E-state index is 0.121. The van der Waals surface area contributed by atoms with Gasteiger partial charge in [0.05, 0.1) is 11.1 Å². The molecule has 2 N–H and O–H groups in total. The maximum atomic E-state index is 12.6. The van der Waals surface area contributed by atoms with Crippen LogP contribution in [-0.2, 0) is 19.2 Å². The summed E-state index contributed by atoms with van der Waals surface area (Å²) in [6, 6.07) is 1.24. The average Bonchev–Trinajstić information content (AvgIpc) is 2.52. The molecule has 0 heterocycles. The van der Waals surface area contributed by atoms with Crippen LogP contribution < -0.4 is 10.4 Å². The van der Waals surface area contributed by atoms with Gasteiger partial charge in [-0.2, -0.15) is 0 Å². The number of rotatable bonds is 0. The number of phenols is 2. The van der Waals surface area contributed by atoms with Crippen molar-refractivity contribution < 1.29 is 29.4 Å². The second-order valence-corrected chi connectivity index (χ2v) is 7.78. The zero-order valence-electron chi connectivity index (χ0n) is 15.6. The van der Waals surface area contributed by atoms with Gasteiger partial charge in [0.1, 0.15) is 11.5 Å². The van der Waals surface area contributed by atoms with Crippen molar-refractivity contribution in [3.63, 3.8) is 0 Å². The molecule has 0 radical (unpaired) electrons. The molecule has 0 unspecified atom stereocenters. The van der Waals surface area contributed by atoms with Crippen LogP contribution >= 0.6 is 0 Å². The zero-order valence-corrected chi connectivity index (χ0v) is 15.6. The summed E-state index contributed by atoms with van der Waals surface area (Å²) in [4.78, 5) is 50.4. The fourth-order valence-electron chi connectivity index (χ4n) is 3.97. The number of aromatic hydroxyl groups is 2. The number of hydrogen-bond donors (Lipinski definition) is 2. The quantitative estimate of drug-likeness (QED) is 0.655. The van der Waals surface area contributed by atoms with E-state index >= 15 is 0 Å². The summed E-state index contributed by atoms with van der Waals surface area (Å²) in [7, 11) is 0. The normalized spacial score (nSPS) is 24.0. The molecule has 6 heteroatoms. The van der Waals surface area contributed by atoms with Crippen LogP contribution in [-0.4, -0.2) is 33.3 Å². The lowest BCUT2D eigenvalue weighted by Crippen LogP contribution is -2.41. The van der Waals surface area contributed by atoms with E-state index in [2.05, 4.69) is 0 Å². The largest absolute Gasteiger partial charge is 0.507 e. The van der Waals surface area contributed by atoms with Crippen molar-refractivity contribution in [2.45, 2.75) is 46.5 Å². The molecule has 0 amide bonds. The lowest BCUT2D eigenvalue weighted by molar-refractivity contribution is -0.124. The highest BCUT2D eigenvalue weighted by Crippen LogP contribution is 2.26. The second-order valence-electron chi connectivity index (χ2n) is 7.78. The van der Waals surface area contributed by atoms with Gasteiger partial charge in [0.25, 0.3) is 0 Å². The molecule has 0 aromatic heterocycles. The van der Waals surface area contributed by atoms with Crippen LogP contribution in [0.15, 0.2) is 6.07 Å². The summed E-state index contributed by atoms with van der Waals surface area (Å²) in [6.45, 7) is 5.08. The van der Waals surface area contributed by atoms with Gasteiger partial charge in [-0.25, -0.2) is 0 Å². The van der Waals surface area contributed by atoms with Crippen LogP contribution in [0.5, 0.6) is 11.5 Å². The van der Waals surface area contributed by atoms with Gasteiger partial charge in [0.15, 0.2) is 23.1 Å². The first-order chi connectivity index (χ1) is 12.6. The number of carbonyl (C=O) groups is 4. The predicted octanol–water partition coefficient (Wildman–Crippen LogP) is 0.844. The Morgan fingerprint density at radius 1 is 0.741 bits per heavy atom. The predicted molar refractivity (Wildman–Crippen MR) is 97.4 cm³/mol. The van der Waals surface area contributed by atoms with Gasteiger partial charge in [-0.3, -0.25) is 19.2 Å². The van der Waals surface area contributed by atoms with Crippen LogP contribution in [0.1, 0.15) is 45.1 Å². The number of carbonyl (C=O) groups excluding carboxylic acids is 4. The Morgan fingerprint density at radius 2 is 1.11 bits per heavy atom. The highest BCUT2D eigenvalue weighted by atomic mass is 16.3. The van der Waals surface area contributed by atoms with E-state index in [1.807, 2.05) is 0 Å². The van der Waals surface area contributed by atoms with E-state index < -0.39 is 28.9 Å². The summed E-state index contributed by atoms with van der Waals surface area (Å²) in [5, 5.41) is 20.8. The highest BCUT2D eigenvalue weighted by molar-refractivity contribution is 6.44. The third kappa shape index (κ3) is 3.20. The lowest BCUT2D eigenvalue weighted by atomic mass is 9.80. The van der Waals surface area contributed by atoms with Crippen molar-refractivity contribution in [1.82, 2.24) is 0 Å². The van der Waals surface area contributed by atoms with Crippen LogP contribution in [0, 0.1) is 18.8 Å². The number of hydrogen-bond acceptors (Lipinski definition) is 6. The van der Waals surface area contributed by atoms with E-state index in [4.69, 9.17) is 0 Å². The Hall–Kier alpha value is -2.76. The SMILES string of the molecule is Cc1cc(O)c(=C2C(=O)CC(C)CC2=O)c(=C2C(=O)CC(C)CC2=O)c1O. The van der Waals surface area contributed by atoms with Crippen molar-refractivity contribution in [1.29, 1.82) is 0 Å². The molecule has 2 saturated carbocycles. The summed E-state index contributed by atoms with van der Waals surface area (Å²) in [5.74, 6) is -2.81. The van der Waals surface area contributed by atoms with E-state index in [0.717, 1.165) is 0 Å². The minimum Gasteiger partial charge on any atom is -0.507 e. The third-order valence-corrected chi connectivity index (χ3v) is 5.22. The lowest BCUT2D eigenvalue weighted by Gasteiger charge is -2.21. The van der Waals surface area contributed by atoms with Gasteiger partial charge in [-0.1, -0.05) is 13.8 Å². The zero-order chi connectivity index (χ0) is 20.0. The summed E-state index contributed by atoms with van der Waals surface area (Å²) >= 11 is 0. The first-order valence-electron chi connectivity index (χ1n) is 9.04. The molecule has 0 bridgehead atoms. The number of phenolic OH excluding ortho intramolecular Hbond substituents is 2. The molecule has 1 aromatic carbocycles. The molecule has 27 heavy (non-hydrogen) atoms. The van der Waals surface area contributed by atoms with E-state index in [1.165, 1.54) is 13.0 Å². The van der Waals surface area contributed by atoms with E-state index in [-0.39, 0.29) is 70.4 Å². The van der Waals surface area contributed by atoms with Gasteiger partial charge in [-0.05, 0) is 30.4 Å². The average molecular weight is 370 g/mol. The molecular weight excluding hydrogens is 348 g/mol. The van der Waals surface area contributed by atoms with Crippen molar-refractivity contribution in [2.24, 2.45) is 11.8 Å². The van der Waals surface area contributed by atoms with E-state index in [9.17, 15) is 29.4 Å². The van der Waals surface area contributed by atoms with E-state index in [1.54, 1.807) is 13.8 Å². The minimum atomic E-state index is -0.455. The molecule has 0 aliphatic heterocycles. The Morgan fingerprint density at radius 3 is 1.52 bits per heavy atom. The number of benzene rings is 1. The van der Waals surface area contributed by atoms with Crippen molar-refractivity contribution in [3.05, 3.63) is 22.1 Å². The van der Waals surface area contributed by atoms with Gasteiger partial charge < -0.3 is 10.2 Å². The molecular formula is C21H22O6. The molecule has 0 atom stereocenters. The smallest absolute Gasteiger partial charge is 0.167 e. The molecule has 0 saturated heterocycles. The molecule has 3 rings (SSSR count). The van der Waals surface area contributed by atoms with Crippen LogP contribution in [0.3, 0.4) is 0 Å². The van der Waals surface area contributed by atoms with Gasteiger partial charge >= 0.3 is 0 Å². The maximum absolute atomic E-state index is 12.6. The van der Waals surface area contributed by atoms with Gasteiger partial charge in [-0.15, -0.1) is 0 Å². The first kappa shape index (κ1) is 19.0. The Labute approximate surface area is 156 Å². The van der Waals surface area contributed by atoms with Crippen LogP contribution in [0.25, 0.3) is 11.1 Å². The van der Waals surface area contributed by atoms with Crippen molar-refractivity contribution in [2.75, 3.05) is 0 Å². The molecule has 142 valence electrons. The topological polar surface area (TPSA) is 109 Å². The van der Waals surface area contributed by atoms with Crippen molar-refractivity contribution in [3.8, 4) is 11.5 Å². The van der Waals surface area contributed by atoms with Gasteiger partial charge in [0.2, 0.25) is 0 Å². The number of aryl methyl sites for hydroxylation is 1. The molecule has 0 spiro atoms. The highest BCUT2D eigenvalue weighted by Gasteiger charge is 2.33. The van der Waals surface area contributed by atoms with Crippen LogP contribution in [0.4, 0.5) is 0 Å². The molecule has 6 nitrogen and oxygen atoms in total. The van der Waals surface area contributed by atoms with E-state index in [0.29, 0.717) is 0 Å². The maximum Gasteiger partial charge on any atom is 0.167 e. The third-order valence-electron chi connectivity index (χ3n) is 5.22. The second kappa shape index (κ2) is 6.76. The first-order valence-corrected chi connectivity index (χ1v) is 9.04. The molecule has 2 fully saturated rings. The fraction of sp³-hybridized carbons (Fsp3) is 0.429. The molecule has 2 aliphatic carbocycles. The van der Waals surface area contributed by atoms with Crippen molar-refractivity contribution >= 4 is 34.3 Å². The number of ketones is 4. The van der Waals surface area contributed by atoms with Crippen LogP contribution in [0.2, 0.25) is 0 Å². The Bertz CT molecular complexity index is 974. The Kier molecular flexibility index (Phi) is 4.76.